The Labute approximate surface area is 100 Å². The smallest absolute Gasteiger partial charge is 0.178 e. The van der Waals surface area contributed by atoms with Gasteiger partial charge in [0.1, 0.15) is 0 Å². The van der Waals surface area contributed by atoms with Crippen molar-refractivity contribution in [2.45, 2.75) is 26.5 Å². The lowest BCUT2D eigenvalue weighted by atomic mass is 10.2. The molecule has 4 heteroatoms. The van der Waals surface area contributed by atoms with E-state index in [0.29, 0.717) is 0 Å². The normalized spacial score (nSPS) is 13.2. The predicted octanol–water partition coefficient (Wildman–Crippen LogP) is 3.04. The molecule has 0 amide bonds. The van der Waals surface area contributed by atoms with E-state index in [1.54, 1.807) is 7.11 Å². The highest BCUT2D eigenvalue weighted by molar-refractivity contribution is 7.71. The van der Waals surface area contributed by atoms with E-state index in [1.807, 2.05) is 6.92 Å². The minimum absolute atomic E-state index is 0.159. The standard InChI is InChI=1S/C12H16N2OS/c1-8-4-5-11-10(6-8)13-12(16)14(11)7-9(2)15-3/h4-6,9H,7H2,1-3H3,(H,13,16). The van der Waals surface area contributed by atoms with E-state index in [-0.39, 0.29) is 6.10 Å². The Morgan fingerprint density at radius 2 is 2.25 bits per heavy atom. The van der Waals surface area contributed by atoms with Crippen LogP contribution in [0.15, 0.2) is 18.2 Å². The predicted molar refractivity (Wildman–Crippen MR) is 68.3 cm³/mol. The van der Waals surface area contributed by atoms with Gasteiger partial charge in [-0.2, -0.15) is 0 Å². The average molecular weight is 236 g/mol. The lowest BCUT2D eigenvalue weighted by molar-refractivity contribution is 0.104. The lowest BCUT2D eigenvalue weighted by Crippen LogP contribution is -2.14. The molecular weight excluding hydrogens is 220 g/mol. The molecule has 2 aromatic rings. The van der Waals surface area contributed by atoms with Gasteiger partial charge in [-0.3, -0.25) is 0 Å². The summed E-state index contributed by atoms with van der Waals surface area (Å²) in [5.74, 6) is 0. The summed E-state index contributed by atoms with van der Waals surface area (Å²) in [5, 5.41) is 0. The summed E-state index contributed by atoms with van der Waals surface area (Å²) >= 11 is 5.31. The van der Waals surface area contributed by atoms with Crippen LogP contribution in [0.2, 0.25) is 0 Å². The zero-order chi connectivity index (χ0) is 11.7. The van der Waals surface area contributed by atoms with Crippen molar-refractivity contribution in [1.29, 1.82) is 0 Å². The zero-order valence-corrected chi connectivity index (χ0v) is 10.6. The molecule has 16 heavy (non-hydrogen) atoms. The second kappa shape index (κ2) is 4.39. The minimum Gasteiger partial charge on any atom is -0.380 e. The van der Waals surface area contributed by atoms with Gasteiger partial charge < -0.3 is 14.3 Å². The summed E-state index contributed by atoms with van der Waals surface area (Å²) in [5.41, 5.74) is 3.46. The molecule has 0 saturated carbocycles. The number of benzene rings is 1. The van der Waals surface area contributed by atoms with Crippen molar-refractivity contribution in [3.05, 3.63) is 28.5 Å². The Bertz CT molecular complexity index is 556. The number of aromatic nitrogens is 2. The van der Waals surface area contributed by atoms with Gasteiger partial charge in [0.25, 0.3) is 0 Å². The second-order valence-electron chi connectivity index (χ2n) is 4.11. The van der Waals surface area contributed by atoms with Crippen LogP contribution in [-0.2, 0) is 11.3 Å². The Morgan fingerprint density at radius 1 is 1.50 bits per heavy atom. The van der Waals surface area contributed by atoms with E-state index in [0.717, 1.165) is 22.3 Å². The van der Waals surface area contributed by atoms with Gasteiger partial charge in [0.05, 0.1) is 23.7 Å². The van der Waals surface area contributed by atoms with Crippen molar-refractivity contribution in [2.75, 3.05) is 7.11 Å². The molecule has 1 heterocycles. The second-order valence-corrected chi connectivity index (χ2v) is 4.49. The molecular formula is C12H16N2OS. The number of H-pyrrole nitrogens is 1. The topological polar surface area (TPSA) is 29.9 Å². The number of aryl methyl sites for hydroxylation is 1. The molecule has 0 aliphatic carbocycles. The number of hydrogen-bond donors (Lipinski definition) is 1. The molecule has 0 aliphatic rings. The third-order valence-electron chi connectivity index (χ3n) is 2.77. The highest BCUT2D eigenvalue weighted by Gasteiger charge is 2.07. The molecule has 0 fully saturated rings. The number of hydrogen-bond acceptors (Lipinski definition) is 2. The van der Waals surface area contributed by atoms with Crippen LogP contribution in [0.4, 0.5) is 0 Å². The number of ether oxygens (including phenoxy) is 1. The maximum Gasteiger partial charge on any atom is 0.178 e. The van der Waals surface area contributed by atoms with Crippen LogP contribution in [0.3, 0.4) is 0 Å². The summed E-state index contributed by atoms with van der Waals surface area (Å²) in [6, 6.07) is 6.30. The summed E-state index contributed by atoms with van der Waals surface area (Å²) in [4.78, 5) is 3.22. The van der Waals surface area contributed by atoms with Crippen LogP contribution in [0, 0.1) is 11.7 Å². The van der Waals surface area contributed by atoms with Crippen molar-refractivity contribution in [3.63, 3.8) is 0 Å². The minimum atomic E-state index is 0.159. The molecule has 1 aromatic heterocycles. The SMILES string of the molecule is COC(C)Cn1c(=S)[nH]c2cc(C)ccc21. The number of nitrogens with one attached hydrogen (secondary N) is 1. The van der Waals surface area contributed by atoms with Crippen molar-refractivity contribution >= 4 is 23.3 Å². The van der Waals surface area contributed by atoms with E-state index in [1.165, 1.54) is 5.56 Å². The monoisotopic (exact) mass is 236 g/mol. The van der Waals surface area contributed by atoms with E-state index < -0.39 is 0 Å². The molecule has 0 aliphatic heterocycles. The maximum atomic E-state index is 5.31. The summed E-state index contributed by atoms with van der Waals surface area (Å²) in [6.45, 7) is 4.89. The van der Waals surface area contributed by atoms with Gasteiger partial charge in [0, 0.05) is 7.11 Å². The van der Waals surface area contributed by atoms with E-state index in [4.69, 9.17) is 17.0 Å². The van der Waals surface area contributed by atoms with Crippen molar-refractivity contribution in [1.82, 2.24) is 9.55 Å². The maximum absolute atomic E-state index is 5.31. The largest absolute Gasteiger partial charge is 0.380 e. The summed E-state index contributed by atoms with van der Waals surface area (Å²) in [7, 11) is 1.72. The number of methoxy groups -OCH3 is 1. The fourth-order valence-corrected chi connectivity index (χ4v) is 2.07. The van der Waals surface area contributed by atoms with Crippen LogP contribution >= 0.6 is 12.2 Å². The van der Waals surface area contributed by atoms with Gasteiger partial charge in [0.15, 0.2) is 4.77 Å². The third kappa shape index (κ3) is 2.03. The van der Waals surface area contributed by atoms with Crippen LogP contribution in [-0.4, -0.2) is 22.8 Å². The molecule has 0 bridgehead atoms. The molecule has 0 saturated heterocycles. The Hall–Kier alpha value is -1.13. The molecule has 3 nitrogen and oxygen atoms in total. The first-order valence-corrected chi connectivity index (χ1v) is 5.74. The van der Waals surface area contributed by atoms with Gasteiger partial charge in [-0.15, -0.1) is 0 Å². The van der Waals surface area contributed by atoms with Crippen LogP contribution in [0.1, 0.15) is 12.5 Å². The summed E-state index contributed by atoms with van der Waals surface area (Å²) < 4.78 is 8.11. The number of nitrogens with zero attached hydrogens (tertiary/aromatic N) is 1. The van der Waals surface area contributed by atoms with E-state index in [2.05, 4.69) is 34.7 Å². The molecule has 0 spiro atoms. The van der Waals surface area contributed by atoms with E-state index >= 15 is 0 Å². The Kier molecular flexibility index (Phi) is 3.12. The van der Waals surface area contributed by atoms with Crippen LogP contribution in [0.25, 0.3) is 11.0 Å². The molecule has 1 aromatic carbocycles. The van der Waals surface area contributed by atoms with Crippen molar-refractivity contribution in [3.8, 4) is 0 Å². The van der Waals surface area contributed by atoms with Gasteiger partial charge in [-0.05, 0) is 43.8 Å². The highest BCUT2D eigenvalue weighted by atomic mass is 32.1. The fourth-order valence-electron chi connectivity index (χ4n) is 1.79. The molecule has 1 N–H and O–H groups in total. The first kappa shape index (κ1) is 11.4. The molecule has 2 rings (SSSR count). The number of imidazole rings is 1. The lowest BCUT2D eigenvalue weighted by Gasteiger charge is -2.10. The van der Waals surface area contributed by atoms with Crippen molar-refractivity contribution < 1.29 is 4.74 Å². The van der Waals surface area contributed by atoms with Crippen LogP contribution in [0.5, 0.6) is 0 Å². The van der Waals surface area contributed by atoms with Gasteiger partial charge in [-0.25, -0.2) is 0 Å². The number of rotatable bonds is 3. The molecule has 86 valence electrons. The van der Waals surface area contributed by atoms with Gasteiger partial charge in [0.2, 0.25) is 0 Å². The molecule has 1 unspecified atom stereocenters. The zero-order valence-electron chi connectivity index (χ0n) is 9.78. The molecule has 1 atom stereocenters. The number of aromatic amines is 1. The number of fused-ring (bicyclic) bond motifs is 1. The van der Waals surface area contributed by atoms with Crippen LogP contribution < -0.4 is 0 Å². The fraction of sp³-hybridized carbons (Fsp3) is 0.417. The van der Waals surface area contributed by atoms with E-state index in [9.17, 15) is 0 Å². The van der Waals surface area contributed by atoms with Crippen molar-refractivity contribution in [2.24, 2.45) is 0 Å². The quantitative estimate of drug-likeness (QED) is 0.830. The first-order chi connectivity index (χ1) is 7.61. The first-order valence-electron chi connectivity index (χ1n) is 5.34. The Morgan fingerprint density at radius 3 is 2.94 bits per heavy atom. The van der Waals surface area contributed by atoms with Gasteiger partial charge in [-0.1, -0.05) is 6.07 Å². The Balaban J connectivity index is 2.52. The third-order valence-corrected chi connectivity index (χ3v) is 3.09. The molecule has 0 radical (unpaired) electrons. The average Bonchev–Trinajstić information content (AvgIpc) is 2.54. The highest BCUT2D eigenvalue weighted by Crippen LogP contribution is 2.16. The van der Waals surface area contributed by atoms with Gasteiger partial charge >= 0.3 is 0 Å². The summed E-state index contributed by atoms with van der Waals surface area (Å²) in [6.07, 6.45) is 0.159.